The van der Waals surface area contributed by atoms with Crippen molar-refractivity contribution in [1.82, 2.24) is 0 Å². The van der Waals surface area contributed by atoms with E-state index in [0.29, 0.717) is 6.42 Å². The number of carbonyl (C=O) groups excluding carboxylic acids is 1. The molecule has 0 radical (unpaired) electrons. The summed E-state index contributed by atoms with van der Waals surface area (Å²) in [6, 6.07) is 2.19. The fraction of sp³-hybridized carbons (Fsp3) is 0.545. The predicted molar refractivity (Wildman–Crippen MR) is 60.9 cm³/mol. The van der Waals surface area contributed by atoms with Gasteiger partial charge in [0.25, 0.3) is 0 Å². The molecule has 0 aromatic carbocycles. The summed E-state index contributed by atoms with van der Waals surface area (Å²) in [7, 11) is 0. The monoisotopic (exact) mass is 211 g/mol. The van der Waals surface area contributed by atoms with Crippen molar-refractivity contribution in [2.45, 2.75) is 39.2 Å². The highest BCUT2D eigenvalue weighted by Gasteiger charge is 2.09. The topological polar surface area (TPSA) is 43.1 Å². The van der Waals surface area contributed by atoms with Gasteiger partial charge in [-0.2, -0.15) is 0 Å². The van der Waals surface area contributed by atoms with Crippen molar-refractivity contribution in [1.29, 1.82) is 0 Å². The maximum absolute atomic E-state index is 11.7. The number of ketones is 1. The summed E-state index contributed by atoms with van der Waals surface area (Å²) in [5, 5.41) is 1.97. The van der Waals surface area contributed by atoms with Crippen LogP contribution in [0.1, 0.15) is 41.4 Å². The molecule has 0 aliphatic heterocycles. The summed E-state index contributed by atoms with van der Waals surface area (Å²) in [6.45, 7) is 3.95. The van der Waals surface area contributed by atoms with E-state index in [4.69, 9.17) is 5.73 Å². The molecule has 0 aliphatic rings. The highest BCUT2D eigenvalue weighted by atomic mass is 32.1. The molecule has 78 valence electrons. The van der Waals surface area contributed by atoms with Crippen molar-refractivity contribution < 1.29 is 4.79 Å². The standard InChI is InChI=1S/C11H17NOS/c1-8-6-7-14-11(8)10(13)5-3-4-9(2)12/h6-7,9H,3-5,12H2,1-2H3. The summed E-state index contributed by atoms with van der Waals surface area (Å²) in [4.78, 5) is 12.6. The van der Waals surface area contributed by atoms with Crippen molar-refractivity contribution in [2.75, 3.05) is 0 Å². The average molecular weight is 211 g/mol. The van der Waals surface area contributed by atoms with Crippen LogP contribution in [0.5, 0.6) is 0 Å². The van der Waals surface area contributed by atoms with E-state index >= 15 is 0 Å². The number of Topliss-reactive ketones (excluding diaryl/α,β-unsaturated/α-hetero) is 1. The Morgan fingerprint density at radius 3 is 2.86 bits per heavy atom. The van der Waals surface area contributed by atoms with Crippen LogP contribution in [0, 0.1) is 6.92 Å². The number of aryl methyl sites for hydroxylation is 1. The van der Waals surface area contributed by atoms with Crippen LogP contribution in [0.2, 0.25) is 0 Å². The highest BCUT2D eigenvalue weighted by Crippen LogP contribution is 2.18. The SMILES string of the molecule is Cc1ccsc1C(=O)CCCC(C)N. The molecule has 0 amide bonds. The van der Waals surface area contributed by atoms with E-state index in [1.54, 1.807) is 0 Å². The maximum atomic E-state index is 11.7. The second-order valence-electron chi connectivity index (χ2n) is 3.73. The predicted octanol–water partition coefficient (Wildman–Crippen LogP) is 2.76. The summed E-state index contributed by atoms with van der Waals surface area (Å²) < 4.78 is 0. The van der Waals surface area contributed by atoms with Crippen LogP contribution >= 0.6 is 11.3 Å². The Labute approximate surface area is 89.1 Å². The smallest absolute Gasteiger partial charge is 0.173 e. The number of thiophene rings is 1. The largest absolute Gasteiger partial charge is 0.328 e. The fourth-order valence-electron chi connectivity index (χ4n) is 1.36. The molecule has 0 spiro atoms. The Bertz CT molecular complexity index is 304. The maximum Gasteiger partial charge on any atom is 0.173 e. The van der Waals surface area contributed by atoms with E-state index in [9.17, 15) is 4.79 Å². The molecule has 1 heterocycles. The van der Waals surface area contributed by atoms with Gasteiger partial charge in [0.15, 0.2) is 5.78 Å². The molecule has 3 heteroatoms. The van der Waals surface area contributed by atoms with E-state index in [0.717, 1.165) is 23.3 Å². The number of hydrogen-bond acceptors (Lipinski definition) is 3. The van der Waals surface area contributed by atoms with Crippen molar-refractivity contribution in [3.63, 3.8) is 0 Å². The molecule has 0 bridgehead atoms. The Morgan fingerprint density at radius 1 is 1.64 bits per heavy atom. The van der Waals surface area contributed by atoms with Gasteiger partial charge in [0.1, 0.15) is 0 Å². The summed E-state index contributed by atoms with van der Waals surface area (Å²) in [5.41, 5.74) is 6.72. The molecule has 0 saturated heterocycles. The van der Waals surface area contributed by atoms with Gasteiger partial charge in [-0.15, -0.1) is 11.3 Å². The van der Waals surface area contributed by atoms with Crippen molar-refractivity contribution in [3.05, 3.63) is 21.9 Å². The van der Waals surface area contributed by atoms with Gasteiger partial charge in [-0.3, -0.25) is 4.79 Å². The van der Waals surface area contributed by atoms with Gasteiger partial charge in [-0.1, -0.05) is 0 Å². The Balaban J connectivity index is 2.40. The molecule has 0 aliphatic carbocycles. The Kier molecular flexibility index (Phi) is 4.29. The first-order valence-corrected chi connectivity index (χ1v) is 5.82. The first-order chi connectivity index (χ1) is 6.61. The zero-order valence-electron chi connectivity index (χ0n) is 8.75. The van der Waals surface area contributed by atoms with Crippen LogP contribution in [0.15, 0.2) is 11.4 Å². The van der Waals surface area contributed by atoms with E-state index in [1.165, 1.54) is 11.3 Å². The van der Waals surface area contributed by atoms with Crippen LogP contribution in [0.3, 0.4) is 0 Å². The molecule has 1 rings (SSSR count). The van der Waals surface area contributed by atoms with Crippen molar-refractivity contribution in [2.24, 2.45) is 5.73 Å². The van der Waals surface area contributed by atoms with Crippen LogP contribution in [0.4, 0.5) is 0 Å². The lowest BCUT2D eigenvalue weighted by molar-refractivity contribution is 0.0982. The zero-order chi connectivity index (χ0) is 10.6. The third kappa shape index (κ3) is 3.24. The minimum atomic E-state index is 0.201. The quantitative estimate of drug-likeness (QED) is 0.761. The number of rotatable bonds is 5. The second-order valence-corrected chi connectivity index (χ2v) is 4.64. The lowest BCUT2D eigenvalue weighted by atomic mass is 10.1. The molecule has 1 unspecified atom stereocenters. The van der Waals surface area contributed by atoms with Gasteiger partial charge in [0, 0.05) is 12.5 Å². The summed E-state index contributed by atoms with van der Waals surface area (Å²) in [5.74, 6) is 0.262. The lowest BCUT2D eigenvalue weighted by Gasteiger charge is -2.03. The van der Waals surface area contributed by atoms with Gasteiger partial charge in [0.2, 0.25) is 0 Å². The third-order valence-electron chi connectivity index (χ3n) is 2.18. The Hall–Kier alpha value is -0.670. The van der Waals surface area contributed by atoms with Gasteiger partial charge in [0.05, 0.1) is 4.88 Å². The van der Waals surface area contributed by atoms with Gasteiger partial charge < -0.3 is 5.73 Å². The van der Waals surface area contributed by atoms with Crippen LogP contribution in [-0.2, 0) is 0 Å². The van der Waals surface area contributed by atoms with E-state index in [2.05, 4.69) is 0 Å². The third-order valence-corrected chi connectivity index (χ3v) is 3.24. The summed E-state index contributed by atoms with van der Waals surface area (Å²) in [6.07, 6.45) is 2.45. The molecule has 1 aromatic rings. The molecule has 14 heavy (non-hydrogen) atoms. The van der Waals surface area contributed by atoms with Gasteiger partial charge in [-0.05, 0) is 43.7 Å². The highest BCUT2D eigenvalue weighted by molar-refractivity contribution is 7.12. The second kappa shape index (κ2) is 5.27. The Morgan fingerprint density at radius 2 is 2.36 bits per heavy atom. The first kappa shape index (κ1) is 11.4. The van der Waals surface area contributed by atoms with Crippen molar-refractivity contribution in [3.8, 4) is 0 Å². The fourth-order valence-corrected chi connectivity index (χ4v) is 2.25. The van der Waals surface area contributed by atoms with Crippen LogP contribution in [0.25, 0.3) is 0 Å². The molecule has 0 saturated carbocycles. The van der Waals surface area contributed by atoms with Crippen molar-refractivity contribution >= 4 is 17.1 Å². The lowest BCUT2D eigenvalue weighted by Crippen LogP contribution is -2.14. The average Bonchev–Trinajstić information content (AvgIpc) is 2.50. The number of carbonyl (C=O) groups is 1. The van der Waals surface area contributed by atoms with Gasteiger partial charge >= 0.3 is 0 Å². The number of nitrogens with two attached hydrogens (primary N) is 1. The molecule has 1 atom stereocenters. The molecular weight excluding hydrogens is 194 g/mol. The minimum absolute atomic E-state index is 0.201. The molecule has 1 aromatic heterocycles. The van der Waals surface area contributed by atoms with Crippen LogP contribution in [-0.4, -0.2) is 11.8 Å². The molecule has 0 fully saturated rings. The number of hydrogen-bond donors (Lipinski definition) is 1. The minimum Gasteiger partial charge on any atom is -0.328 e. The van der Waals surface area contributed by atoms with Crippen LogP contribution < -0.4 is 5.73 Å². The summed E-state index contributed by atoms with van der Waals surface area (Å²) >= 11 is 1.54. The first-order valence-electron chi connectivity index (χ1n) is 4.94. The normalized spacial score (nSPS) is 12.8. The van der Waals surface area contributed by atoms with Gasteiger partial charge in [-0.25, -0.2) is 0 Å². The molecule has 2 nitrogen and oxygen atoms in total. The van der Waals surface area contributed by atoms with E-state index in [1.807, 2.05) is 25.3 Å². The van der Waals surface area contributed by atoms with E-state index in [-0.39, 0.29) is 11.8 Å². The molecule has 2 N–H and O–H groups in total. The molecular formula is C11H17NOS. The zero-order valence-corrected chi connectivity index (χ0v) is 9.56. The van der Waals surface area contributed by atoms with E-state index < -0.39 is 0 Å².